The molecule has 1 aromatic rings. The van der Waals surface area contributed by atoms with Gasteiger partial charge in [-0.15, -0.1) is 0 Å². The van der Waals surface area contributed by atoms with Crippen molar-refractivity contribution in [3.8, 4) is 11.8 Å². The molecule has 1 atom stereocenters. The van der Waals surface area contributed by atoms with Crippen molar-refractivity contribution in [2.75, 3.05) is 14.2 Å². The molecule has 1 aliphatic carbocycles. The first-order valence-electron chi connectivity index (χ1n) is 5.03. The minimum atomic E-state index is -0.524. The van der Waals surface area contributed by atoms with Crippen LogP contribution in [0, 0.1) is 11.3 Å². The third-order valence-corrected chi connectivity index (χ3v) is 3.16. The Bertz CT molecular complexity index is 422. The molecule has 1 unspecified atom stereocenters. The molecule has 0 radical (unpaired) electrons. The van der Waals surface area contributed by atoms with Gasteiger partial charge in [0.15, 0.2) is 0 Å². The maximum absolute atomic E-state index is 9.27. The Kier molecular flexibility index (Phi) is 2.37. The molecule has 0 heterocycles. The monoisotopic (exact) mass is 202 g/mol. The predicted octanol–water partition coefficient (Wildman–Crippen LogP) is 1.58. The van der Waals surface area contributed by atoms with E-state index in [9.17, 15) is 5.26 Å². The fourth-order valence-corrected chi connectivity index (χ4v) is 2.19. The number of nitriles is 1. The molecule has 0 bridgehead atoms. The molecule has 3 heteroatoms. The van der Waals surface area contributed by atoms with E-state index in [4.69, 9.17) is 4.74 Å². The highest BCUT2D eigenvalue weighted by Gasteiger charge is 2.37. The second-order valence-corrected chi connectivity index (χ2v) is 3.79. The van der Waals surface area contributed by atoms with Crippen molar-refractivity contribution in [1.82, 2.24) is 5.32 Å². The Balaban J connectivity index is 2.53. The lowest BCUT2D eigenvalue weighted by Crippen LogP contribution is -2.36. The predicted molar refractivity (Wildman–Crippen MR) is 57.7 cm³/mol. The third kappa shape index (κ3) is 1.38. The van der Waals surface area contributed by atoms with Gasteiger partial charge in [-0.05, 0) is 43.1 Å². The fraction of sp³-hybridized carbons (Fsp3) is 0.417. The molecule has 15 heavy (non-hydrogen) atoms. The highest BCUT2D eigenvalue weighted by atomic mass is 16.5. The quantitative estimate of drug-likeness (QED) is 0.792. The van der Waals surface area contributed by atoms with E-state index < -0.39 is 5.54 Å². The van der Waals surface area contributed by atoms with Gasteiger partial charge in [-0.2, -0.15) is 5.26 Å². The van der Waals surface area contributed by atoms with Crippen LogP contribution in [-0.2, 0) is 12.0 Å². The number of benzene rings is 1. The molecule has 0 amide bonds. The Morgan fingerprint density at radius 3 is 2.93 bits per heavy atom. The van der Waals surface area contributed by atoms with E-state index in [0.717, 1.165) is 24.2 Å². The van der Waals surface area contributed by atoms with Crippen molar-refractivity contribution in [3.05, 3.63) is 29.3 Å². The first-order chi connectivity index (χ1) is 7.25. The van der Waals surface area contributed by atoms with Gasteiger partial charge in [0.1, 0.15) is 11.3 Å². The average Bonchev–Trinajstić information content (AvgIpc) is 2.67. The van der Waals surface area contributed by atoms with Crippen molar-refractivity contribution in [1.29, 1.82) is 5.26 Å². The number of nitrogens with one attached hydrogen (secondary N) is 1. The van der Waals surface area contributed by atoms with Gasteiger partial charge in [-0.25, -0.2) is 0 Å². The average molecular weight is 202 g/mol. The summed E-state index contributed by atoms with van der Waals surface area (Å²) in [5.41, 5.74) is 1.78. The van der Waals surface area contributed by atoms with Crippen molar-refractivity contribution in [2.45, 2.75) is 18.4 Å². The lowest BCUT2D eigenvalue weighted by Gasteiger charge is -2.21. The largest absolute Gasteiger partial charge is 0.497 e. The highest BCUT2D eigenvalue weighted by Crippen LogP contribution is 2.37. The van der Waals surface area contributed by atoms with Gasteiger partial charge in [0, 0.05) is 0 Å². The number of nitrogens with zero attached hydrogens (tertiary/aromatic N) is 1. The van der Waals surface area contributed by atoms with E-state index in [-0.39, 0.29) is 0 Å². The summed E-state index contributed by atoms with van der Waals surface area (Å²) in [6.07, 6.45) is 1.79. The standard InChI is InChI=1S/C12H14N2O/c1-14-12(8-13)6-5-9-3-4-10(15-2)7-11(9)12/h3-4,7,14H,5-6H2,1-2H3. The van der Waals surface area contributed by atoms with E-state index in [1.54, 1.807) is 7.11 Å². The topological polar surface area (TPSA) is 45.0 Å². The van der Waals surface area contributed by atoms with Crippen LogP contribution in [0.25, 0.3) is 0 Å². The van der Waals surface area contributed by atoms with E-state index in [1.807, 2.05) is 25.2 Å². The Morgan fingerprint density at radius 2 is 2.33 bits per heavy atom. The number of aryl methyl sites for hydroxylation is 1. The molecule has 0 spiro atoms. The van der Waals surface area contributed by atoms with Gasteiger partial charge in [-0.3, -0.25) is 5.32 Å². The second-order valence-electron chi connectivity index (χ2n) is 3.79. The molecule has 0 aliphatic heterocycles. The fourth-order valence-electron chi connectivity index (χ4n) is 2.19. The first kappa shape index (κ1) is 10.0. The van der Waals surface area contributed by atoms with E-state index in [0.29, 0.717) is 0 Å². The molecule has 0 fully saturated rings. The SMILES string of the molecule is CNC1(C#N)CCc2ccc(OC)cc21. The summed E-state index contributed by atoms with van der Waals surface area (Å²) >= 11 is 0. The van der Waals surface area contributed by atoms with Gasteiger partial charge < -0.3 is 4.74 Å². The van der Waals surface area contributed by atoms with Crippen LogP contribution < -0.4 is 10.1 Å². The summed E-state index contributed by atoms with van der Waals surface area (Å²) in [5.74, 6) is 0.811. The molecular weight excluding hydrogens is 188 g/mol. The smallest absolute Gasteiger partial charge is 0.132 e. The van der Waals surface area contributed by atoms with Crippen LogP contribution in [0.15, 0.2) is 18.2 Å². The molecule has 0 saturated carbocycles. The number of rotatable bonds is 2. The summed E-state index contributed by atoms with van der Waals surface area (Å²) in [6.45, 7) is 0. The van der Waals surface area contributed by atoms with Gasteiger partial charge >= 0.3 is 0 Å². The van der Waals surface area contributed by atoms with Gasteiger partial charge in [-0.1, -0.05) is 6.07 Å². The summed E-state index contributed by atoms with van der Waals surface area (Å²) in [7, 11) is 3.47. The Hall–Kier alpha value is -1.53. The lowest BCUT2D eigenvalue weighted by atomic mass is 9.93. The molecule has 3 nitrogen and oxygen atoms in total. The molecule has 0 aromatic heterocycles. The van der Waals surface area contributed by atoms with Crippen LogP contribution in [0.4, 0.5) is 0 Å². The summed E-state index contributed by atoms with van der Waals surface area (Å²) in [6, 6.07) is 8.32. The zero-order valence-corrected chi connectivity index (χ0v) is 9.00. The van der Waals surface area contributed by atoms with Crippen molar-refractivity contribution < 1.29 is 4.74 Å². The van der Waals surface area contributed by atoms with Crippen LogP contribution >= 0.6 is 0 Å². The van der Waals surface area contributed by atoms with Crippen LogP contribution in [0.5, 0.6) is 5.75 Å². The van der Waals surface area contributed by atoms with Crippen LogP contribution in [0.3, 0.4) is 0 Å². The summed E-state index contributed by atoms with van der Waals surface area (Å²) in [4.78, 5) is 0. The van der Waals surface area contributed by atoms with Gasteiger partial charge in [0.2, 0.25) is 0 Å². The normalized spacial score (nSPS) is 23.3. The zero-order valence-electron chi connectivity index (χ0n) is 9.00. The number of ether oxygens (including phenoxy) is 1. The number of hydrogen-bond donors (Lipinski definition) is 1. The van der Waals surface area contributed by atoms with E-state index >= 15 is 0 Å². The Morgan fingerprint density at radius 1 is 1.53 bits per heavy atom. The third-order valence-electron chi connectivity index (χ3n) is 3.16. The molecule has 1 N–H and O–H groups in total. The minimum Gasteiger partial charge on any atom is -0.497 e. The van der Waals surface area contributed by atoms with Crippen molar-refractivity contribution >= 4 is 0 Å². The van der Waals surface area contributed by atoms with Crippen LogP contribution in [0.2, 0.25) is 0 Å². The maximum atomic E-state index is 9.27. The molecule has 78 valence electrons. The highest BCUT2D eigenvalue weighted by molar-refractivity contribution is 5.47. The minimum absolute atomic E-state index is 0.524. The number of fused-ring (bicyclic) bond motifs is 1. The van der Waals surface area contributed by atoms with Crippen LogP contribution in [0.1, 0.15) is 17.5 Å². The van der Waals surface area contributed by atoms with E-state index in [1.165, 1.54) is 5.56 Å². The lowest BCUT2D eigenvalue weighted by molar-refractivity contribution is 0.411. The number of hydrogen-bond acceptors (Lipinski definition) is 3. The molecular formula is C12H14N2O. The molecule has 1 aliphatic rings. The van der Waals surface area contributed by atoms with Crippen molar-refractivity contribution in [2.24, 2.45) is 0 Å². The van der Waals surface area contributed by atoms with Crippen molar-refractivity contribution in [3.63, 3.8) is 0 Å². The maximum Gasteiger partial charge on any atom is 0.132 e. The molecule has 1 aromatic carbocycles. The Labute approximate surface area is 89.7 Å². The van der Waals surface area contributed by atoms with Gasteiger partial charge in [0.25, 0.3) is 0 Å². The van der Waals surface area contributed by atoms with Crippen LogP contribution in [-0.4, -0.2) is 14.2 Å². The number of methoxy groups -OCH3 is 1. The first-order valence-corrected chi connectivity index (χ1v) is 5.03. The summed E-state index contributed by atoms with van der Waals surface area (Å²) in [5, 5.41) is 12.4. The zero-order chi connectivity index (χ0) is 10.9. The summed E-state index contributed by atoms with van der Waals surface area (Å²) < 4.78 is 5.18. The van der Waals surface area contributed by atoms with Gasteiger partial charge in [0.05, 0.1) is 13.2 Å². The molecule has 2 rings (SSSR count). The van der Waals surface area contributed by atoms with E-state index in [2.05, 4.69) is 11.4 Å². The molecule has 0 saturated heterocycles. The second kappa shape index (κ2) is 3.56.